The van der Waals surface area contributed by atoms with E-state index in [1.165, 1.54) is 0 Å². The molecule has 0 saturated carbocycles. The SMILES string of the molecule is C.CC/C=C/CCO.CC/C=C\CCO. The van der Waals surface area contributed by atoms with Crippen LogP contribution >= 0.6 is 0 Å². The molecule has 92 valence electrons. The number of hydrogen-bond acceptors (Lipinski definition) is 2. The van der Waals surface area contributed by atoms with Gasteiger partial charge in [-0.2, -0.15) is 0 Å². The van der Waals surface area contributed by atoms with Crippen LogP contribution in [0.5, 0.6) is 0 Å². The maximum absolute atomic E-state index is 8.24. The molecule has 0 bridgehead atoms. The highest BCUT2D eigenvalue weighted by Gasteiger charge is 1.69. The Kier molecular flexibility index (Phi) is 30.9. The van der Waals surface area contributed by atoms with Crippen molar-refractivity contribution < 1.29 is 10.2 Å². The standard InChI is InChI=1S/2C6H12O.CH4/c2*1-2-3-4-5-6-7;/h2*3-4,7H,2,5-6H2,1H3;1H4/b4-3+;4-3-;. The second-order valence-electron chi connectivity index (χ2n) is 2.78. The zero-order chi connectivity index (χ0) is 11.1. The average molecular weight is 216 g/mol. The van der Waals surface area contributed by atoms with E-state index >= 15 is 0 Å². The average Bonchev–Trinajstić information content (AvgIpc) is 2.21. The van der Waals surface area contributed by atoms with E-state index in [2.05, 4.69) is 26.0 Å². The molecule has 0 aliphatic carbocycles. The molecule has 0 radical (unpaired) electrons. The van der Waals surface area contributed by atoms with Crippen LogP contribution in [0.2, 0.25) is 0 Å². The molecule has 0 spiro atoms. The number of hydrogen-bond donors (Lipinski definition) is 2. The monoisotopic (exact) mass is 216 g/mol. The minimum atomic E-state index is 0. The Labute approximate surface area is 95.3 Å². The van der Waals surface area contributed by atoms with Crippen molar-refractivity contribution in [3.05, 3.63) is 24.3 Å². The third-order valence-corrected chi connectivity index (χ3v) is 1.40. The highest BCUT2D eigenvalue weighted by molar-refractivity contribution is 4.79. The summed E-state index contributed by atoms with van der Waals surface area (Å²) in [5, 5.41) is 16.5. The molecule has 0 saturated heterocycles. The van der Waals surface area contributed by atoms with Gasteiger partial charge < -0.3 is 10.2 Å². The van der Waals surface area contributed by atoms with Crippen LogP contribution in [-0.4, -0.2) is 23.4 Å². The van der Waals surface area contributed by atoms with Gasteiger partial charge in [-0.15, -0.1) is 0 Å². The van der Waals surface area contributed by atoms with E-state index < -0.39 is 0 Å². The second-order valence-corrected chi connectivity index (χ2v) is 2.78. The van der Waals surface area contributed by atoms with E-state index in [9.17, 15) is 0 Å². The number of allylic oxidation sites excluding steroid dienone is 2. The molecule has 2 N–H and O–H groups in total. The van der Waals surface area contributed by atoms with Crippen molar-refractivity contribution >= 4 is 0 Å². The van der Waals surface area contributed by atoms with Gasteiger partial charge in [0.2, 0.25) is 0 Å². The van der Waals surface area contributed by atoms with Gasteiger partial charge in [-0.1, -0.05) is 45.6 Å². The predicted octanol–water partition coefficient (Wildman–Crippen LogP) is 3.31. The molecule has 0 heterocycles. The third kappa shape index (κ3) is 31.8. The van der Waals surface area contributed by atoms with Gasteiger partial charge in [0.05, 0.1) is 0 Å². The Morgan fingerprint density at radius 2 is 1.07 bits per heavy atom. The maximum Gasteiger partial charge on any atom is 0.0465 e. The zero-order valence-corrected chi connectivity index (χ0v) is 9.45. The van der Waals surface area contributed by atoms with Gasteiger partial charge in [-0.05, 0) is 25.7 Å². The molecule has 0 fully saturated rings. The minimum absolute atomic E-state index is 0. The fourth-order valence-corrected chi connectivity index (χ4v) is 0.718. The van der Waals surface area contributed by atoms with E-state index in [0.29, 0.717) is 0 Å². The normalized spacial score (nSPS) is 9.87. The molecule has 0 rings (SSSR count). The quantitative estimate of drug-likeness (QED) is 0.669. The Bertz CT molecular complexity index is 112. The topological polar surface area (TPSA) is 40.5 Å². The van der Waals surface area contributed by atoms with Crippen molar-refractivity contribution in [3.8, 4) is 0 Å². The van der Waals surface area contributed by atoms with E-state index in [1.807, 2.05) is 12.2 Å². The summed E-state index contributed by atoms with van der Waals surface area (Å²) in [6.45, 7) is 4.70. The van der Waals surface area contributed by atoms with Gasteiger partial charge >= 0.3 is 0 Å². The first kappa shape index (κ1) is 19.9. The van der Waals surface area contributed by atoms with Gasteiger partial charge in [-0.3, -0.25) is 0 Å². The summed E-state index contributed by atoms with van der Waals surface area (Å²) in [5.74, 6) is 0. The number of rotatable bonds is 6. The zero-order valence-electron chi connectivity index (χ0n) is 9.45. The largest absolute Gasteiger partial charge is 0.396 e. The van der Waals surface area contributed by atoms with E-state index in [-0.39, 0.29) is 20.6 Å². The molecule has 2 heteroatoms. The van der Waals surface area contributed by atoms with Crippen LogP contribution in [0.15, 0.2) is 24.3 Å². The Balaban J connectivity index is -0.000000180. The fourth-order valence-electron chi connectivity index (χ4n) is 0.718. The van der Waals surface area contributed by atoms with Crippen molar-refractivity contribution in [3.63, 3.8) is 0 Å². The van der Waals surface area contributed by atoms with Crippen LogP contribution in [0.25, 0.3) is 0 Å². The van der Waals surface area contributed by atoms with Crippen molar-refractivity contribution in [1.82, 2.24) is 0 Å². The summed E-state index contributed by atoms with van der Waals surface area (Å²) in [6.07, 6.45) is 11.8. The van der Waals surface area contributed by atoms with Crippen LogP contribution in [0.3, 0.4) is 0 Å². The highest BCUT2D eigenvalue weighted by atomic mass is 16.3. The maximum atomic E-state index is 8.24. The summed E-state index contributed by atoms with van der Waals surface area (Å²) in [4.78, 5) is 0. The second kappa shape index (κ2) is 23.3. The summed E-state index contributed by atoms with van der Waals surface area (Å²) < 4.78 is 0. The molecular weight excluding hydrogens is 188 g/mol. The van der Waals surface area contributed by atoms with Crippen LogP contribution in [0, 0.1) is 0 Å². The molecule has 0 amide bonds. The molecule has 2 nitrogen and oxygen atoms in total. The first-order valence-corrected chi connectivity index (χ1v) is 5.35. The molecule has 0 aromatic carbocycles. The number of aliphatic hydroxyl groups excluding tert-OH is 2. The van der Waals surface area contributed by atoms with Crippen molar-refractivity contribution in [2.24, 2.45) is 0 Å². The molecule has 0 aliphatic heterocycles. The lowest BCUT2D eigenvalue weighted by Gasteiger charge is -1.79. The molecule has 0 unspecified atom stereocenters. The van der Waals surface area contributed by atoms with Crippen molar-refractivity contribution in [2.75, 3.05) is 13.2 Å². The molecule has 15 heavy (non-hydrogen) atoms. The molecule has 0 atom stereocenters. The lowest BCUT2D eigenvalue weighted by molar-refractivity contribution is 0.302. The van der Waals surface area contributed by atoms with Crippen LogP contribution < -0.4 is 0 Å². The van der Waals surface area contributed by atoms with E-state index in [0.717, 1.165) is 25.7 Å². The van der Waals surface area contributed by atoms with Gasteiger partial charge in [0.1, 0.15) is 0 Å². The first-order chi connectivity index (χ1) is 6.83. The Morgan fingerprint density at radius 3 is 1.27 bits per heavy atom. The number of aliphatic hydroxyl groups is 2. The molecule has 0 aromatic rings. The Hall–Kier alpha value is -0.600. The van der Waals surface area contributed by atoms with Gasteiger partial charge in [0.15, 0.2) is 0 Å². The lowest BCUT2D eigenvalue weighted by atomic mass is 10.3. The van der Waals surface area contributed by atoms with Gasteiger partial charge in [0, 0.05) is 13.2 Å². The summed E-state index contributed by atoms with van der Waals surface area (Å²) >= 11 is 0. The highest BCUT2D eigenvalue weighted by Crippen LogP contribution is 1.83. The van der Waals surface area contributed by atoms with Crippen LogP contribution in [0.1, 0.15) is 47.0 Å². The summed E-state index contributed by atoms with van der Waals surface area (Å²) in [7, 11) is 0. The summed E-state index contributed by atoms with van der Waals surface area (Å²) in [5.41, 5.74) is 0. The third-order valence-electron chi connectivity index (χ3n) is 1.40. The van der Waals surface area contributed by atoms with Crippen LogP contribution in [0.4, 0.5) is 0 Å². The van der Waals surface area contributed by atoms with Gasteiger partial charge in [-0.25, -0.2) is 0 Å². The smallest absolute Gasteiger partial charge is 0.0465 e. The van der Waals surface area contributed by atoms with Crippen molar-refractivity contribution in [1.29, 1.82) is 0 Å². The van der Waals surface area contributed by atoms with E-state index in [1.54, 1.807) is 0 Å². The predicted molar refractivity (Wildman–Crippen MR) is 69.0 cm³/mol. The van der Waals surface area contributed by atoms with Gasteiger partial charge in [0.25, 0.3) is 0 Å². The Morgan fingerprint density at radius 1 is 0.733 bits per heavy atom. The fraction of sp³-hybridized carbons (Fsp3) is 0.692. The van der Waals surface area contributed by atoms with Crippen LogP contribution in [-0.2, 0) is 0 Å². The molecule has 0 aliphatic rings. The summed E-state index contributed by atoms with van der Waals surface area (Å²) in [6, 6.07) is 0. The molecule has 0 aromatic heterocycles. The molecular formula is C13H28O2. The first-order valence-electron chi connectivity index (χ1n) is 5.35. The minimum Gasteiger partial charge on any atom is -0.396 e. The lowest BCUT2D eigenvalue weighted by Crippen LogP contribution is -1.73. The van der Waals surface area contributed by atoms with Crippen molar-refractivity contribution in [2.45, 2.75) is 47.0 Å². The van der Waals surface area contributed by atoms with E-state index in [4.69, 9.17) is 10.2 Å².